The molecule has 1 atom stereocenters. The van der Waals surface area contributed by atoms with Crippen molar-refractivity contribution in [3.63, 3.8) is 0 Å². The first kappa shape index (κ1) is 11.2. The summed E-state index contributed by atoms with van der Waals surface area (Å²) in [7, 11) is 0. The summed E-state index contributed by atoms with van der Waals surface area (Å²) in [4.78, 5) is 2.36. The maximum absolute atomic E-state index is 10.5. The second-order valence-electron chi connectivity index (χ2n) is 5.42. The van der Waals surface area contributed by atoms with E-state index in [0.29, 0.717) is 0 Å². The summed E-state index contributed by atoms with van der Waals surface area (Å²) in [5, 5.41) is 13.8. The van der Waals surface area contributed by atoms with E-state index in [1.165, 1.54) is 11.1 Å². The van der Waals surface area contributed by atoms with E-state index in [2.05, 4.69) is 34.5 Å². The number of nitrogens with zero attached hydrogens (tertiary/aromatic N) is 1. The van der Waals surface area contributed by atoms with Gasteiger partial charge < -0.3 is 10.4 Å². The van der Waals surface area contributed by atoms with Crippen LogP contribution in [0.4, 0.5) is 0 Å². The third-order valence-corrected chi connectivity index (χ3v) is 3.87. The van der Waals surface area contributed by atoms with Crippen LogP contribution in [-0.4, -0.2) is 35.2 Å². The summed E-state index contributed by atoms with van der Waals surface area (Å²) >= 11 is 0. The second kappa shape index (κ2) is 4.41. The van der Waals surface area contributed by atoms with Crippen LogP contribution in [0.2, 0.25) is 0 Å². The fourth-order valence-corrected chi connectivity index (χ4v) is 3.02. The molecule has 0 radical (unpaired) electrons. The lowest BCUT2D eigenvalue weighted by molar-refractivity contribution is -0.0165. The number of benzene rings is 1. The second-order valence-corrected chi connectivity index (χ2v) is 5.42. The Balaban J connectivity index is 1.65. The highest BCUT2D eigenvalue weighted by molar-refractivity contribution is 5.30. The van der Waals surface area contributed by atoms with Crippen LogP contribution in [0, 0.1) is 0 Å². The van der Waals surface area contributed by atoms with Crippen molar-refractivity contribution in [1.29, 1.82) is 0 Å². The smallest absolute Gasteiger partial charge is 0.0898 e. The Labute approximate surface area is 102 Å². The SMILES string of the molecule is OC1(CN2Cc3ccccc3C2)CCCNC1. The molecule has 0 spiro atoms. The van der Waals surface area contributed by atoms with Crippen molar-refractivity contribution < 1.29 is 5.11 Å². The van der Waals surface area contributed by atoms with Crippen molar-refractivity contribution in [2.75, 3.05) is 19.6 Å². The van der Waals surface area contributed by atoms with E-state index < -0.39 is 5.60 Å². The summed E-state index contributed by atoms with van der Waals surface area (Å²) < 4.78 is 0. The van der Waals surface area contributed by atoms with Gasteiger partial charge in [0.25, 0.3) is 0 Å². The number of hydrogen-bond donors (Lipinski definition) is 2. The summed E-state index contributed by atoms with van der Waals surface area (Å²) in [5.41, 5.74) is 2.31. The van der Waals surface area contributed by atoms with Crippen LogP contribution in [0.15, 0.2) is 24.3 Å². The van der Waals surface area contributed by atoms with Gasteiger partial charge in [0.05, 0.1) is 5.60 Å². The van der Waals surface area contributed by atoms with Crippen molar-refractivity contribution >= 4 is 0 Å². The zero-order chi connectivity index (χ0) is 11.7. The topological polar surface area (TPSA) is 35.5 Å². The molecule has 0 bridgehead atoms. The van der Waals surface area contributed by atoms with Crippen molar-refractivity contribution in [3.05, 3.63) is 35.4 Å². The minimum atomic E-state index is -0.527. The molecule has 0 amide bonds. The molecule has 2 heterocycles. The average Bonchev–Trinajstić information content (AvgIpc) is 2.71. The van der Waals surface area contributed by atoms with E-state index in [4.69, 9.17) is 0 Å². The molecule has 1 unspecified atom stereocenters. The predicted octanol–water partition coefficient (Wildman–Crippen LogP) is 1.12. The molecular formula is C14H20N2O. The molecular weight excluding hydrogens is 212 g/mol. The standard InChI is InChI=1S/C14H20N2O/c17-14(6-3-7-15-10-14)11-16-8-12-4-1-2-5-13(12)9-16/h1-2,4-5,15,17H,3,6-11H2. The molecule has 3 nitrogen and oxygen atoms in total. The first-order chi connectivity index (χ1) is 8.25. The number of β-amino-alcohol motifs (C(OH)–C–C–N with tert-alkyl or cyclic N) is 1. The van der Waals surface area contributed by atoms with E-state index in [1.54, 1.807) is 0 Å². The summed E-state index contributed by atoms with van der Waals surface area (Å²) in [6.45, 7) is 4.54. The number of hydrogen-bond acceptors (Lipinski definition) is 3. The number of rotatable bonds is 2. The lowest BCUT2D eigenvalue weighted by Gasteiger charge is -2.35. The quantitative estimate of drug-likeness (QED) is 0.802. The van der Waals surface area contributed by atoms with Crippen LogP contribution in [0.3, 0.4) is 0 Å². The molecule has 3 heteroatoms. The Kier molecular flexibility index (Phi) is 2.90. The van der Waals surface area contributed by atoms with Gasteiger partial charge in [-0.2, -0.15) is 0 Å². The van der Waals surface area contributed by atoms with Gasteiger partial charge in [-0.25, -0.2) is 0 Å². The Hall–Kier alpha value is -0.900. The number of fused-ring (bicyclic) bond motifs is 1. The van der Waals surface area contributed by atoms with E-state index >= 15 is 0 Å². The zero-order valence-electron chi connectivity index (χ0n) is 10.2. The highest BCUT2D eigenvalue weighted by Gasteiger charge is 2.33. The van der Waals surface area contributed by atoms with Gasteiger partial charge in [-0.1, -0.05) is 24.3 Å². The lowest BCUT2D eigenvalue weighted by Crippen LogP contribution is -2.51. The number of aliphatic hydroxyl groups is 1. The molecule has 3 rings (SSSR count). The monoisotopic (exact) mass is 232 g/mol. The molecule has 0 saturated carbocycles. The zero-order valence-corrected chi connectivity index (χ0v) is 10.2. The van der Waals surface area contributed by atoms with Gasteiger partial charge in [-0.3, -0.25) is 4.90 Å². The van der Waals surface area contributed by atoms with E-state index in [0.717, 1.165) is 45.6 Å². The highest BCUT2D eigenvalue weighted by atomic mass is 16.3. The molecule has 1 aromatic carbocycles. The Morgan fingerprint density at radius 1 is 1.24 bits per heavy atom. The van der Waals surface area contributed by atoms with E-state index in [-0.39, 0.29) is 0 Å². The van der Waals surface area contributed by atoms with Crippen LogP contribution < -0.4 is 5.32 Å². The maximum Gasteiger partial charge on any atom is 0.0898 e. The van der Waals surface area contributed by atoms with Crippen LogP contribution in [0.1, 0.15) is 24.0 Å². The molecule has 2 aliphatic rings. The van der Waals surface area contributed by atoms with Crippen LogP contribution in [-0.2, 0) is 13.1 Å². The molecule has 1 aromatic rings. The molecule has 1 saturated heterocycles. The number of piperidine rings is 1. The minimum Gasteiger partial charge on any atom is -0.387 e. The highest BCUT2D eigenvalue weighted by Crippen LogP contribution is 2.26. The molecule has 1 fully saturated rings. The first-order valence-corrected chi connectivity index (χ1v) is 6.47. The van der Waals surface area contributed by atoms with Gasteiger partial charge in [0.1, 0.15) is 0 Å². The molecule has 2 aliphatic heterocycles. The Morgan fingerprint density at radius 3 is 2.53 bits per heavy atom. The fourth-order valence-electron chi connectivity index (χ4n) is 3.02. The molecule has 17 heavy (non-hydrogen) atoms. The summed E-state index contributed by atoms with van der Waals surface area (Å²) in [6, 6.07) is 8.58. The van der Waals surface area contributed by atoms with Gasteiger partial charge in [-0.05, 0) is 30.5 Å². The van der Waals surface area contributed by atoms with Gasteiger partial charge in [0, 0.05) is 26.2 Å². The van der Waals surface area contributed by atoms with Gasteiger partial charge in [0.2, 0.25) is 0 Å². The van der Waals surface area contributed by atoms with Crippen LogP contribution >= 0.6 is 0 Å². The third-order valence-electron chi connectivity index (χ3n) is 3.87. The van der Waals surface area contributed by atoms with Crippen molar-refractivity contribution in [2.45, 2.75) is 31.5 Å². The Bertz CT molecular complexity index is 374. The summed E-state index contributed by atoms with van der Waals surface area (Å²) in [5.74, 6) is 0. The van der Waals surface area contributed by atoms with Crippen molar-refractivity contribution in [2.24, 2.45) is 0 Å². The van der Waals surface area contributed by atoms with Crippen LogP contribution in [0.5, 0.6) is 0 Å². The molecule has 2 N–H and O–H groups in total. The van der Waals surface area contributed by atoms with Crippen LogP contribution in [0.25, 0.3) is 0 Å². The third kappa shape index (κ3) is 2.37. The minimum absolute atomic E-state index is 0.527. The molecule has 0 aromatic heterocycles. The largest absolute Gasteiger partial charge is 0.387 e. The van der Waals surface area contributed by atoms with E-state index in [1.807, 2.05) is 0 Å². The summed E-state index contributed by atoms with van der Waals surface area (Å²) in [6.07, 6.45) is 2.00. The molecule has 0 aliphatic carbocycles. The molecule has 92 valence electrons. The number of nitrogens with one attached hydrogen (secondary N) is 1. The Morgan fingerprint density at radius 2 is 1.94 bits per heavy atom. The van der Waals surface area contributed by atoms with Crippen molar-refractivity contribution in [3.8, 4) is 0 Å². The van der Waals surface area contributed by atoms with Gasteiger partial charge >= 0.3 is 0 Å². The van der Waals surface area contributed by atoms with Gasteiger partial charge in [-0.15, -0.1) is 0 Å². The fraction of sp³-hybridized carbons (Fsp3) is 0.571. The predicted molar refractivity (Wildman–Crippen MR) is 67.6 cm³/mol. The lowest BCUT2D eigenvalue weighted by atomic mass is 9.94. The first-order valence-electron chi connectivity index (χ1n) is 6.47. The van der Waals surface area contributed by atoms with E-state index in [9.17, 15) is 5.11 Å². The normalized spacial score (nSPS) is 29.2. The average molecular weight is 232 g/mol. The van der Waals surface area contributed by atoms with Crippen molar-refractivity contribution in [1.82, 2.24) is 10.2 Å². The maximum atomic E-state index is 10.5. The van der Waals surface area contributed by atoms with Gasteiger partial charge in [0.15, 0.2) is 0 Å².